The molecular formula is C16H18ClFN4O2. The Morgan fingerprint density at radius 1 is 1.42 bits per heavy atom. The lowest BCUT2D eigenvalue weighted by atomic mass is 10.0. The van der Waals surface area contributed by atoms with E-state index in [1.807, 2.05) is 0 Å². The summed E-state index contributed by atoms with van der Waals surface area (Å²) < 4.78 is 24.8. The van der Waals surface area contributed by atoms with Gasteiger partial charge in [-0.2, -0.15) is 4.98 Å². The Labute approximate surface area is 144 Å². The predicted octanol–water partition coefficient (Wildman–Crippen LogP) is 2.76. The standard InChI is InChI=1S/C16H18ClFN4O2/c1-10-6-12(2-4-19-10)24-15-3-5-20-14(22-15)9-23-16-13(18)7-11(17)8-21-16/h3,5,7-8,10,12,19H,2,4,6,9H2,1H3/t10-,12-/m0/s1. The SMILES string of the molecule is C[C@H]1C[C@@H](Oc2ccnc(COc3ncc(Cl)cc3F)n2)CCN1. The Morgan fingerprint density at radius 3 is 3.08 bits per heavy atom. The molecule has 0 spiro atoms. The number of hydrogen-bond donors (Lipinski definition) is 1. The van der Waals surface area contributed by atoms with Crippen molar-refractivity contribution < 1.29 is 13.9 Å². The van der Waals surface area contributed by atoms with Gasteiger partial charge in [0.15, 0.2) is 11.6 Å². The van der Waals surface area contributed by atoms with Gasteiger partial charge in [0.1, 0.15) is 12.7 Å². The highest BCUT2D eigenvalue weighted by molar-refractivity contribution is 6.30. The first-order valence-electron chi connectivity index (χ1n) is 7.76. The van der Waals surface area contributed by atoms with Gasteiger partial charge in [0.2, 0.25) is 5.88 Å². The molecule has 3 rings (SSSR count). The summed E-state index contributed by atoms with van der Waals surface area (Å²) in [5.74, 6) is 0.123. The Balaban J connectivity index is 1.60. The van der Waals surface area contributed by atoms with Crippen molar-refractivity contribution in [2.75, 3.05) is 6.54 Å². The van der Waals surface area contributed by atoms with Crippen LogP contribution in [0.2, 0.25) is 5.02 Å². The molecule has 2 aromatic heterocycles. The molecule has 24 heavy (non-hydrogen) atoms. The summed E-state index contributed by atoms with van der Waals surface area (Å²) in [4.78, 5) is 12.2. The summed E-state index contributed by atoms with van der Waals surface area (Å²) in [6, 6.07) is 3.27. The van der Waals surface area contributed by atoms with Crippen LogP contribution in [0.15, 0.2) is 24.5 Å². The van der Waals surface area contributed by atoms with Crippen LogP contribution >= 0.6 is 11.6 Å². The van der Waals surface area contributed by atoms with Gasteiger partial charge in [-0.05, 0) is 32.4 Å². The third-order valence-corrected chi connectivity index (χ3v) is 3.86. The van der Waals surface area contributed by atoms with Crippen LogP contribution in [0.5, 0.6) is 11.8 Å². The van der Waals surface area contributed by atoms with Crippen molar-refractivity contribution in [3.63, 3.8) is 0 Å². The van der Waals surface area contributed by atoms with Crippen molar-refractivity contribution in [2.45, 2.75) is 38.5 Å². The van der Waals surface area contributed by atoms with Gasteiger partial charge < -0.3 is 14.8 Å². The zero-order chi connectivity index (χ0) is 16.9. The number of nitrogens with zero attached hydrogens (tertiary/aromatic N) is 3. The van der Waals surface area contributed by atoms with Gasteiger partial charge in [0.05, 0.1) is 5.02 Å². The molecule has 6 nitrogen and oxygen atoms in total. The van der Waals surface area contributed by atoms with Crippen molar-refractivity contribution in [3.05, 3.63) is 41.2 Å². The van der Waals surface area contributed by atoms with Crippen molar-refractivity contribution in [1.29, 1.82) is 0 Å². The van der Waals surface area contributed by atoms with Gasteiger partial charge in [0, 0.05) is 24.5 Å². The molecule has 0 unspecified atom stereocenters. The monoisotopic (exact) mass is 352 g/mol. The first-order chi connectivity index (χ1) is 11.6. The minimum atomic E-state index is -0.626. The maximum atomic E-state index is 13.6. The Hall–Kier alpha value is -1.99. The zero-order valence-electron chi connectivity index (χ0n) is 13.2. The number of ether oxygens (including phenoxy) is 2. The van der Waals surface area contributed by atoms with E-state index in [0.717, 1.165) is 25.5 Å². The number of nitrogens with one attached hydrogen (secondary N) is 1. The molecule has 2 atom stereocenters. The number of pyridine rings is 1. The van der Waals surface area contributed by atoms with E-state index in [0.29, 0.717) is 17.7 Å². The largest absolute Gasteiger partial charge is 0.474 e. The molecule has 1 fully saturated rings. The average molecular weight is 353 g/mol. The van der Waals surface area contributed by atoms with Crippen molar-refractivity contribution >= 4 is 11.6 Å². The average Bonchev–Trinajstić information content (AvgIpc) is 2.54. The minimum absolute atomic E-state index is 0.00855. The number of halogens is 2. The second-order valence-electron chi connectivity index (χ2n) is 5.66. The molecule has 1 aliphatic heterocycles. The second-order valence-corrected chi connectivity index (χ2v) is 6.10. The fourth-order valence-corrected chi connectivity index (χ4v) is 2.67. The third kappa shape index (κ3) is 4.52. The lowest BCUT2D eigenvalue weighted by molar-refractivity contribution is 0.137. The molecule has 0 aromatic carbocycles. The van der Waals surface area contributed by atoms with Crippen LogP contribution in [-0.4, -0.2) is 33.6 Å². The molecule has 0 aliphatic carbocycles. The van der Waals surface area contributed by atoms with Crippen molar-refractivity contribution in [1.82, 2.24) is 20.3 Å². The number of hydrogen-bond acceptors (Lipinski definition) is 6. The Morgan fingerprint density at radius 2 is 2.29 bits per heavy atom. The quantitative estimate of drug-likeness (QED) is 0.892. The summed E-state index contributed by atoms with van der Waals surface area (Å²) in [6.45, 7) is 3.04. The maximum Gasteiger partial charge on any atom is 0.250 e. The highest BCUT2D eigenvalue weighted by Gasteiger charge is 2.20. The van der Waals surface area contributed by atoms with Gasteiger partial charge in [-0.15, -0.1) is 0 Å². The molecule has 1 saturated heterocycles. The fraction of sp³-hybridized carbons (Fsp3) is 0.438. The van der Waals surface area contributed by atoms with Crippen molar-refractivity contribution in [2.24, 2.45) is 0 Å². The molecule has 0 amide bonds. The van der Waals surface area contributed by atoms with Crippen LogP contribution in [0.3, 0.4) is 0 Å². The molecular weight excluding hydrogens is 335 g/mol. The molecule has 1 aliphatic rings. The van der Waals surface area contributed by atoms with Crippen LogP contribution in [0.4, 0.5) is 4.39 Å². The molecule has 8 heteroatoms. The first kappa shape index (κ1) is 16.9. The van der Waals surface area contributed by atoms with Crippen LogP contribution in [0.25, 0.3) is 0 Å². The maximum absolute atomic E-state index is 13.6. The van der Waals surface area contributed by atoms with E-state index >= 15 is 0 Å². The number of aromatic nitrogens is 3. The number of rotatable bonds is 5. The fourth-order valence-electron chi connectivity index (χ4n) is 2.52. The predicted molar refractivity (Wildman–Crippen MR) is 86.7 cm³/mol. The van der Waals surface area contributed by atoms with Gasteiger partial charge in [-0.1, -0.05) is 11.6 Å². The molecule has 1 N–H and O–H groups in total. The summed E-state index contributed by atoms with van der Waals surface area (Å²) in [7, 11) is 0. The summed E-state index contributed by atoms with van der Waals surface area (Å²) >= 11 is 5.65. The van der Waals surface area contributed by atoms with E-state index in [-0.39, 0.29) is 23.6 Å². The Kier molecular flexibility index (Phi) is 5.42. The lowest BCUT2D eigenvalue weighted by Crippen LogP contribution is -2.40. The van der Waals surface area contributed by atoms with Gasteiger partial charge in [0.25, 0.3) is 5.88 Å². The van der Waals surface area contributed by atoms with E-state index in [2.05, 4.69) is 27.2 Å². The summed E-state index contributed by atoms with van der Waals surface area (Å²) in [6.07, 6.45) is 4.89. The first-order valence-corrected chi connectivity index (χ1v) is 8.14. The van der Waals surface area contributed by atoms with Crippen LogP contribution in [0.1, 0.15) is 25.6 Å². The minimum Gasteiger partial charge on any atom is -0.474 e. The van der Waals surface area contributed by atoms with Crippen molar-refractivity contribution in [3.8, 4) is 11.8 Å². The number of piperidine rings is 1. The van der Waals surface area contributed by atoms with Crippen LogP contribution in [-0.2, 0) is 6.61 Å². The van der Waals surface area contributed by atoms with E-state index in [1.54, 1.807) is 12.3 Å². The smallest absolute Gasteiger partial charge is 0.250 e. The normalized spacial score (nSPS) is 20.6. The highest BCUT2D eigenvalue weighted by Crippen LogP contribution is 2.19. The lowest BCUT2D eigenvalue weighted by Gasteiger charge is -2.28. The highest BCUT2D eigenvalue weighted by atomic mass is 35.5. The molecule has 0 saturated carbocycles. The molecule has 0 bridgehead atoms. The Bertz CT molecular complexity index is 704. The van der Waals surface area contributed by atoms with Gasteiger partial charge >= 0.3 is 0 Å². The molecule has 0 radical (unpaired) electrons. The molecule has 2 aromatic rings. The molecule has 128 valence electrons. The van der Waals surface area contributed by atoms with E-state index in [9.17, 15) is 4.39 Å². The zero-order valence-corrected chi connectivity index (χ0v) is 14.0. The van der Waals surface area contributed by atoms with Gasteiger partial charge in [-0.3, -0.25) is 0 Å². The van der Waals surface area contributed by atoms with E-state index in [1.165, 1.54) is 6.20 Å². The van der Waals surface area contributed by atoms with E-state index < -0.39 is 5.82 Å². The summed E-state index contributed by atoms with van der Waals surface area (Å²) in [5.41, 5.74) is 0. The van der Waals surface area contributed by atoms with Crippen LogP contribution < -0.4 is 14.8 Å². The molecule has 3 heterocycles. The van der Waals surface area contributed by atoms with E-state index in [4.69, 9.17) is 21.1 Å². The van der Waals surface area contributed by atoms with Gasteiger partial charge in [-0.25, -0.2) is 14.4 Å². The topological polar surface area (TPSA) is 69.2 Å². The third-order valence-electron chi connectivity index (χ3n) is 3.65. The second kappa shape index (κ2) is 7.72. The van der Waals surface area contributed by atoms with Crippen LogP contribution in [0, 0.1) is 5.82 Å². The summed E-state index contributed by atoms with van der Waals surface area (Å²) in [5, 5.41) is 3.58.